The van der Waals surface area contributed by atoms with Gasteiger partial charge in [0.25, 0.3) is 0 Å². The van der Waals surface area contributed by atoms with Gasteiger partial charge >= 0.3 is 0 Å². The first kappa shape index (κ1) is 19.0. The van der Waals surface area contributed by atoms with E-state index in [0.29, 0.717) is 5.25 Å². The number of benzene rings is 1. The molecule has 0 amide bonds. The maximum absolute atomic E-state index is 4.29. The highest BCUT2D eigenvalue weighted by Crippen LogP contribution is 2.25. The zero-order valence-electron chi connectivity index (χ0n) is 13.7. The van der Waals surface area contributed by atoms with Crippen molar-refractivity contribution in [2.75, 3.05) is 19.3 Å². The summed E-state index contributed by atoms with van der Waals surface area (Å²) in [6.45, 7) is 1.70. The summed E-state index contributed by atoms with van der Waals surface area (Å²) >= 11 is 2.05. The minimum absolute atomic E-state index is 0. The van der Waals surface area contributed by atoms with Crippen molar-refractivity contribution in [2.45, 2.75) is 24.6 Å². The molecule has 0 spiro atoms. The first-order valence-electron chi connectivity index (χ1n) is 7.85. The number of aromatic nitrogens is 3. The molecule has 1 fully saturated rings. The van der Waals surface area contributed by atoms with Crippen molar-refractivity contribution in [3.05, 3.63) is 42.5 Å². The minimum atomic E-state index is 0. The predicted octanol–water partition coefficient (Wildman–Crippen LogP) is 2.45. The van der Waals surface area contributed by atoms with Gasteiger partial charge < -0.3 is 10.6 Å². The number of nitrogens with zero attached hydrogens (tertiary/aromatic N) is 4. The number of halogens is 1. The van der Waals surface area contributed by atoms with Crippen molar-refractivity contribution < 1.29 is 0 Å². The van der Waals surface area contributed by atoms with E-state index in [0.717, 1.165) is 24.7 Å². The molecule has 130 valence electrons. The van der Waals surface area contributed by atoms with E-state index in [-0.39, 0.29) is 24.0 Å². The number of hydrogen-bond acceptors (Lipinski definition) is 4. The lowest BCUT2D eigenvalue weighted by Crippen LogP contribution is -2.39. The summed E-state index contributed by atoms with van der Waals surface area (Å²) < 4.78 is 1.76. The summed E-state index contributed by atoms with van der Waals surface area (Å²) in [6, 6.07) is 8.23. The summed E-state index contributed by atoms with van der Waals surface area (Å²) in [5.74, 6) is 2.14. The highest BCUT2D eigenvalue weighted by Gasteiger charge is 2.15. The fourth-order valence-corrected chi connectivity index (χ4v) is 3.77. The van der Waals surface area contributed by atoms with Crippen molar-refractivity contribution in [3.8, 4) is 5.69 Å². The van der Waals surface area contributed by atoms with Crippen LogP contribution in [0.2, 0.25) is 0 Å². The molecule has 0 saturated carbocycles. The predicted molar refractivity (Wildman–Crippen MR) is 110 cm³/mol. The van der Waals surface area contributed by atoms with Crippen LogP contribution in [0.3, 0.4) is 0 Å². The van der Waals surface area contributed by atoms with E-state index in [1.807, 2.05) is 30.9 Å². The van der Waals surface area contributed by atoms with E-state index in [1.165, 1.54) is 30.5 Å². The van der Waals surface area contributed by atoms with E-state index < -0.39 is 0 Å². The topological polar surface area (TPSA) is 67.1 Å². The van der Waals surface area contributed by atoms with E-state index in [1.54, 1.807) is 11.0 Å². The van der Waals surface area contributed by atoms with Gasteiger partial charge in [0, 0.05) is 25.4 Å². The summed E-state index contributed by atoms with van der Waals surface area (Å²) in [4.78, 5) is 8.28. The number of hydrogen-bond donors (Lipinski definition) is 2. The lowest BCUT2D eigenvalue weighted by Gasteiger charge is -2.15. The normalized spacial score (nSPS) is 17.4. The Morgan fingerprint density at radius 1 is 1.42 bits per heavy atom. The Kier molecular flexibility index (Phi) is 7.83. The van der Waals surface area contributed by atoms with Gasteiger partial charge in [-0.15, -0.1) is 24.0 Å². The molecule has 2 N–H and O–H groups in total. The van der Waals surface area contributed by atoms with Crippen molar-refractivity contribution in [1.82, 2.24) is 25.4 Å². The molecule has 0 aliphatic carbocycles. The van der Waals surface area contributed by atoms with Crippen LogP contribution in [-0.2, 0) is 6.54 Å². The first-order valence-corrected chi connectivity index (χ1v) is 8.90. The third kappa shape index (κ3) is 5.37. The van der Waals surface area contributed by atoms with Crippen molar-refractivity contribution in [1.29, 1.82) is 0 Å². The van der Waals surface area contributed by atoms with Crippen molar-refractivity contribution in [3.63, 3.8) is 0 Å². The molecule has 1 atom stereocenters. The molecule has 1 aliphatic rings. The zero-order chi connectivity index (χ0) is 15.9. The van der Waals surface area contributed by atoms with Crippen molar-refractivity contribution in [2.24, 2.45) is 4.99 Å². The third-order valence-corrected chi connectivity index (χ3v) is 5.20. The zero-order valence-corrected chi connectivity index (χ0v) is 16.8. The van der Waals surface area contributed by atoms with E-state index in [2.05, 4.69) is 37.8 Å². The SMILES string of the molecule is CN=C(NCc1cccc(-n2cncn2)c1)NCC1CCCS1.I. The molecule has 1 aromatic carbocycles. The second kappa shape index (κ2) is 9.87. The van der Waals surface area contributed by atoms with Gasteiger partial charge in [-0.3, -0.25) is 4.99 Å². The maximum Gasteiger partial charge on any atom is 0.191 e. The molecule has 8 heteroatoms. The van der Waals surface area contributed by atoms with Crippen molar-refractivity contribution >= 4 is 41.7 Å². The summed E-state index contributed by atoms with van der Waals surface area (Å²) in [5.41, 5.74) is 2.18. The molecule has 24 heavy (non-hydrogen) atoms. The second-order valence-corrected chi connectivity index (χ2v) is 6.86. The average molecular weight is 458 g/mol. The molecular formula is C16H23IN6S. The van der Waals surface area contributed by atoms with E-state index in [4.69, 9.17) is 0 Å². The number of rotatable bonds is 5. The molecule has 1 saturated heterocycles. The van der Waals surface area contributed by atoms with Crippen LogP contribution < -0.4 is 10.6 Å². The quantitative estimate of drug-likeness (QED) is 0.410. The summed E-state index contributed by atoms with van der Waals surface area (Å²) in [6.07, 6.45) is 5.87. The number of nitrogens with one attached hydrogen (secondary N) is 2. The van der Waals surface area contributed by atoms with Gasteiger partial charge in [0.1, 0.15) is 12.7 Å². The lowest BCUT2D eigenvalue weighted by atomic mass is 10.2. The lowest BCUT2D eigenvalue weighted by molar-refractivity contribution is 0.726. The Balaban J connectivity index is 0.00000208. The molecule has 0 bridgehead atoms. The van der Waals surface area contributed by atoms with E-state index >= 15 is 0 Å². The second-order valence-electron chi connectivity index (χ2n) is 5.45. The third-order valence-electron chi connectivity index (χ3n) is 3.80. The monoisotopic (exact) mass is 458 g/mol. The Morgan fingerprint density at radius 3 is 3.04 bits per heavy atom. The summed E-state index contributed by atoms with van der Waals surface area (Å²) in [5, 5.41) is 11.7. The molecule has 2 aromatic rings. The first-order chi connectivity index (χ1) is 11.3. The van der Waals surface area contributed by atoms with Gasteiger partial charge in [0.2, 0.25) is 0 Å². The fourth-order valence-electron chi connectivity index (χ4n) is 2.57. The molecule has 1 unspecified atom stereocenters. The highest BCUT2D eigenvalue weighted by atomic mass is 127. The largest absolute Gasteiger partial charge is 0.355 e. The molecule has 1 aromatic heterocycles. The van der Waals surface area contributed by atoms with Gasteiger partial charge in [-0.1, -0.05) is 12.1 Å². The van der Waals surface area contributed by atoms with Crippen LogP contribution in [0.25, 0.3) is 5.69 Å². The van der Waals surface area contributed by atoms with Gasteiger partial charge in [-0.05, 0) is 36.3 Å². The van der Waals surface area contributed by atoms with Gasteiger partial charge in [0.15, 0.2) is 5.96 Å². The number of aliphatic imine (C=N–C) groups is 1. The average Bonchev–Trinajstić information content (AvgIpc) is 3.29. The van der Waals surface area contributed by atoms with Crippen LogP contribution in [0.1, 0.15) is 18.4 Å². The number of guanidine groups is 1. The highest BCUT2D eigenvalue weighted by molar-refractivity contribution is 14.0. The molecular weight excluding hydrogens is 435 g/mol. The summed E-state index contributed by atoms with van der Waals surface area (Å²) in [7, 11) is 1.81. The van der Waals surface area contributed by atoms with Crippen LogP contribution in [0.15, 0.2) is 41.9 Å². The Bertz CT molecular complexity index is 640. The molecule has 2 heterocycles. The standard InChI is InChI=1S/C16H22N6S.HI/c1-17-16(20-10-15-6-3-7-23-15)19-9-13-4-2-5-14(8-13)22-12-18-11-21-22;/h2,4-5,8,11-12,15H,3,6-7,9-10H2,1H3,(H2,17,19,20);1H. The minimum Gasteiger partial charge on any atom is -0.355 e. The van der Waals surface area contributed by atoms with Crippen LogP contribution in [-0.4, -0.2) is 45.3 Å². The van der Waals surface area contributed by atoms with Gasteiger partial charge in [-0.2, -0.15) is 16.9 Å². The Morgan fingerprint density at radius 2 is 2.33 bits per heavy atom. The van der Waals surface area contributed by atoms with Crippen LogP contribution in [0.4, 0.5) is 0 Å². The van der Waals surface area contributed by atoms with Crippen LogP contribution in [0.5, 0.6) is 0 Å². The van der Waals surface area contributed by atoms with E-state index in [9.17, 15) is 0 Å². The number of thioether (sulfide) groups is 1. The molecule has 1 aliphatic heterocycles. The Hall–Kier alpha value is -1.29. The fraction of sp³-hybridized carbons (Fsp3) is 0.438. The van der Waals surface area contributed by atoms with Gasteiger partial charge in [-0.25, -0.2) is 9.67 Å². The molecule has 3 rings (SSSR count). The Labute approximate surface area is 163 Å². The molecule has 6 nitrogen and oxygen atoms in total. The maximum atomic E-state index is 4.29. The van der Waals surface area contributed by atoms with Crippen LogP contribution >= 0.6 is 35.7 Å². The van der Waals surface area contributed by atoms with Crippen LogP contribution in [0, 0.1) is 0 Å². The smallest absolute Gasteiger partial charge is 0.191 e. The molecule has 0 radical (unpaired) electrons. The van der Waals surface area contributed by atoms with Gasteiger partial charge in [0.05, 0.1) is 5.69 Å².